The molecule has 1 aromatic carbocycles. The number of nitrogens with zero attached hydrogens (tertiary/aromatic N) is 2. The number of hydrogen-bond acceptors (Lipinski definition) is 3. The second-order valence-electron chi connectivity index (χ2n) is 5.91. The van der Waals surface area contributed by atoms with E-state index in [9.17, 15) is 0 Å². The topological polar surface area (TPSA) is 39.7 Å². The molecule has 2 heterocycles. The van der Waals surface area contributed by atoms with Gasteiger partial charge in [-0.15, -0.1) is 35.3 Å². The van der Waals surface area contributed by atoms with E-state index in [0.29, 0.717) is 6.04 Å². The van der Waals surface area contributed by atoms with Crippen LogP contribution in [0.1, 0.15) is 18.4 Å². The van der Waals surface area contributed by atoms with Crippen LogP contribution < -0.4 is 15.5 Å². The second-order valence-corrected chi connectivity index (χ2v) is 7.27. The summed E-state index contributed by atoms with van der Waals surface area (Å²) < 4.78 is 0. The third-order valence-electron chi connectivity index (χ3n) is 4.25. The Labute approximate surface area is 175 Å². The first-order valence-corrected chi connectivity index (χ1v) is 9.50. The minimum atomic E-state index is 0. The highest BCUT2D eigenvalue weighted by Gasteiger charge is 2.20. The molecule has 0 saturated carbocycles. The number of anilines is 1. The molecule has 136 valence electrons. The Morgan fingerprint density at radius 3 is 2.56 bits per heavy atom. The summed E-state index contributed by atoms with van der Waals surface area (Å²) in [4.78, 5) is 6.81. The van der Waals surface area contributed by atoms with Gasteiger partial charge in [-0.05, 0) is 48.1 Å². The molecule has 2 N–H and O–H groups in total. The Morgan fingerprint density at radius 1 is 1.24 bits per heavy atom. The predicted molar refractivity (Wildman–Crippen MR) is 120 cm³/mol. The van der Waals surface area contributed by atoms with Gasteiger partial charge in [0.1, 0.15) is 0 Å². The lowest BCUT2D eigenvalue weighted by Gasteiger charge is -2.33. The van der Waals surface area contributed by atoms with Crippen LogP contribution in [0.4, 0.5) is 5.00 Å². The van der Waals surface area contributed by atoms with Crippen molar-refractivity contribution in [2.45, 2.75) is 25.4 Å². The van der Waals surface area contributed by atoms with Crippen LogP contribution in [0.3, 0.4) is 0 Å². The number of halogens is 2. The molecule has 0 spiro atoms. The van der Waals surface area contributed by atoms with E-state index in [2.05, 4.69) is 38.0 Å². The first-order chi connectivity index (χ1) is 11.7. The van der Waals surface area contributed by atoms with Crippen LogP contribution in [0.2, 0.25) is 5.02 Å². The average molecular weight is 491 g/mol. The molecule has 4 nitrogen and oxygen atoms in total. The summed E-state index contributed by atoms with van der Waals surface area (Å²) in [5, 5.41) is 11.2. The van der Waals surface area contributed by atoms with Gasteiger partial charge in [-0.2, -0.15) is 0 Å². The number of benzene rings is 1. The quantitative estimate of drug-likeness (QED) is 0.380. The minimum Gasteiger partial charge on any atom is -0.363 e. The van der Waals surface area contributed by atoms with Crippen molar-refractivity contribution in [3.05, 3.63) is 52.4 Å². The maximum Gasteiger partial charge on any atom is 0.191 e. The van der Waals surface area contributed by atoms with Gasteiger partial charge in [0.2, 0.25) is 0 Å². The molecular formula is C18H24ClIN4S. The van der Waals surface area contributed by atoms with Gasteiger partial charge in [-0.3, -0.25) is 4.99 Å². The standard InChI is InChI=1S/C18H23ClN4S.HI/c1-20-18(21-13-14-4-6-15(19)7-5-14)22-16-8-10-23(11-9-16)17-3-2-12-24-17;/h2-7,12,16H,8-11,13H2,1H3,(H2,20,21,22);1H. The number of rotatable bonds is 4. The fraction of sp³-hybridized carbons (Fsp3) is 0.389. The fourth-order valence-electron chi connectivity index (χ4n) is 2.87. The highest BCUT2D eigenvalue weighted by atomic mass is 127. The molecule has 1 fully saturated rings. The summed E-state index contributed by atoms with van der Waals surface area (Å²) in [5.74, 6) is 0.861. The van der Waals surface area contributed by atoms with Gasteiger partial charge < -0.3 is 15.5 Å². The van der Waals surface area contributed by atoms with Gasteiger partial charge in [-0.1, -0.05) is 23.7 Å². The Morgan fingerprint density at radius 2 is 1.96 bits per heavy atom. The molecule has 1 aliphatic rings. The smallest absolute Gasteiger partial charge is 0.191 e. The number of aliphatic imine (C=N–C) groups is 1. The zero-order chi connectivity index (χ0) is 16.8. The van der Waals surface area contributed by atoms with Gasteiger partial charge >= 0.3 is 0 Å². The molecule has 2 aromatic rings. The van der Waals surface area contributed by atoms with Gasteiger partial charge in [0.15, 0.2) is 5.96 Å². The summed E-state index contributed by atoms with van der Waals surface area (Å²) in [7, 11) is 1.82. The van der Waals surface area contributed by atoms with Gasteiger partial charge in [-0.25, -0.2) is 0 Å². The molecule has 25 heavy (non-hydrogen) atoms. The van der Waals surface area contributed by atoms with Crippen LogP contribution in [0, 0.1) is 0 Å². The summed E-state index contributed by atoms with van der Waals surface area (Å²) in [6.45, 7) is 2.92. The first kappa shape index (κ1) is 20.3. The van der Waals surface area contributed by atoms with Crippen LogP contribution in [0.25, 0.3) is 0 Å². The highest BCUT2D eigenvalue weighted by molar-refractivity contribution is 14.0. The van der Waals surface area contributed by atoms with E-state index in [-0.39, 0.29) is 24.0 Å². The third kappa shape index (κ3) is 6.04. The van der Waals surface area contributed by atoms with Crippen molar-refractivity contribution in [2.24, 2.45) is 4.99 Å². The Bertz CT molecular complexity index is 652. The molecule has 1 aliphatic heterocycles. The van der Waals surface area contributed by atoms with Crippen LogP contribution in [0.15, 0.2) is 46.8 Å². The zero-order valence-corrected chi connectivity index (χ0v) is 18.1. The van der Waals surface area contributed by atoms with Crippen molar-refractivity contribution in [3.8, 4) is 0 Å². The normalized spacial score (nSPS) is 15.6. The fourth-order valence-corrected chi connectivity index (χ4v) is 3.78. The van der Waals surface area contributed by atoms with E-state index < -0.39 is 0 Å². The molecule has 3 rings (SSSR count). The molecule has 0 aliphatic carbocycles. The number of thiophene rings is 1. The van der Waals surface area contributed by atoms with Crippen molar-refractivity contribution in [1.82, 2.24) is 10.6 Å². The molecule has 1 saturated heterocycles. The van der Waals surface area contributed by atoms with E-state index in [1.165, 1.54) is 10.6 Å². The molecular weight excluding hydrogens is 467 g/mol. The maximum absolute atomic E-state index is 5.92. The number of guanidine groups is 1. The lowest BCUT2D eigenvalue weighted by Crippen LogP contribution is -2.48. The molecule has 7 heteroatoms. The monoisotopic (exact) mass is 490 g/mol. The van der Waals surface area contributed by atoms with Crippen LogP contribution in [0.5, 0.6) is 0 Å². The number of hydrogen-bond donors (Lipinski definition) is 2. The van der Waals surface area contributed by atoms with Crippen LogP contribution >= 0.6 is 46.9 Å². The average Bonchev–Trinajstić information content (AvgIpc) is 3.15. The Balaban J connectivity index is 0.00000225. The van der Waals surface area contributed by atoms with Crippen molar-refractivity contribution < 1.29 is 0 Å². The van der Waals surface area contributed by atoms with Gasteiger partial charge in [0.25, 0.3) is 0 Å². The molecule has 0 radical (unpaired) electrons. The van der Waals surface area contributed by atoms with E-state index >= 15 is 0 Å². The molecule has 0 atom stereocenters. The van der Waals surface area contributed by atoms with Crippen LogP contribution in [-0.4, -0.2) is 32.1 Å². The summed E-state index contributed by atoms with van der Waals surface area (Å²) in [5.41, 5.74) is 1.19. The summed E-state index contributed by atoms with van der Waals surface area (Å²) in [6.07, 6.45) is 2.25. The molecule has 0 amide bonds. The molecule has 0 unspecified atom stereocenters. The van der Waals surface area contributed by atoms with Gasteiger partial charge in [0.05, 0.1) is 5.00 Å². The molecule has 1 aromatic heterocycles. The SMILES string of the molecule is CN=C(NCc1ccc(Cl)cc1)NC1CCN(c2cccs2)CC1.I. The van der Waals surface area contributed by atoms with Crippen molar-refractivity contribution in [3.63, 3.8) is 0 Å². The maximum atomic E-state index is 5.92. The zero-order valence-electron chi connectivity index (χ0n) is 14.2. The van der Waals surface area contributed by atoms with E-state index in [1.54, 1.807) is 0 Å². The summed E-state index contributed by atoms with van der Waals surface area (Å²) >= 11 is 7.74. The second kappa shape index (κ2) is 10.2. The number of piperidine rings is 1. The van der Waals surface area contributed by atoms with Crippen LogP contribution in [-0.2, 0) is 6.54 Å². The van der Waals surface area contributed by atoms with E-state index in [4.69, 9.17) is 11.6 Å². The van der Waals surface area contributed by atoms with E-state index in [0.717, 1.165) is 43.5 Å². The summed E-state index contributed by atoms with van der Waals surface area (Å²) in [6, 6.07) is 12.7. The lowest BCUT2D eigenvalue weighted by atomic mass is 10.1. The minimum absolute atomic E-state index is 0. The van der Waals surface area contributed by atoms with Crippen molar-refractivity contribution in [1.29, 1.82) is 0 Å². The Hall–Kier alpha value is -0.990. The molecule has 0 bridgehead atoms. The van der Waals surface area contributed by atoms with Gasteiger partial charge in [0, 0.05) is 37.7 Å². The third-order valence-corrected chi connectivity index (χ3v) is 5.43. The number of nitrogens with one attached hydrogen (secondary N) is 2. The van der Waals surface area contributed by atoms with E-state index in [1.807, 2.05) is 42.6 Å². The first-order valence-electron chi connectivity index (χ1n) is 8.24. The highest BCUT2D eigenvalue weighted by Crippen LogP contribution is 2.24. The van der Waals surface area contributed by atoms with Crippen molar-refractivity contribution in [2.75, 3.05) is 25.0 Å². The van der Waals surface area contributed by atoms with Crippen molar-refractivity contribution >= 4 is 57.9 Å². The predicted octanol–water partition coefficient (Wildman–Crippen LogP) is 4.35. The Kier molecular flexibility index (Phi) is 8.32. The largest absolute Gasteiger partial charge is 0.363 e. The lowest BCUT2D eigenvalue weighted by molar-refractivity contribution is 0.463.